The Kier molecular flexibility index (Phi) is 6.52. The number of aryl methyl sites for hydroxylation is 1. The molecule has 2 amide bonds. The third-order valence-corrected chi connectivity index (χ3v) is 3.64. The van der Waals surface area contributed by atoms with Crippen molar-refractivity contribution < 1.29 is 4.79 Å². The van der Waals surface area contributed by atoms with Crippen molar-refractivity contribution in [2.45, 2.75) is 19.5 Å². The Morgan fingerprint density at radius 1 is 1.25 bits per heavy atom. The van der Waals surface area contributed by atoms with Crippen LogP contribution in [0.1, 0.15) is 23.1 Å². The standard InChI is InChI=1S/C17H22ClN5O/c1-12-19-9-8-15(21-12)10-20-17(24)22-16(11-23(2)3)13-4-6-14(18)7-5-13/h4-9,16H,10-11H2,1-3H3,(H2,20,22,24). The van der Waals surface area contributed by atoms with Crippen molar-refractivity contribution in [1.29, 1.82) is 0 Å². The van der Waals surface area contributed by atoms with Crippen molar-refractivity contribution in [1.82, 2.24) is 25.5 Å². The lowest BCUT2D eigenvalue weighted by Gasteiger charge is -2.23. The fourth-order valence-corrected chi connectivity index (χ4v) is 2.40. The van der Waals surface area contributed by atoms with Gasteiger partial charge in [-0.05, 0) is 44.8 Å². The first-order valence-corrected chi connectivity index (χ1v) is 8.05. The van der Waals surface area contributed by atoms with Gasteiger partial charge in [0, 0.05) is 17.8 Å². The van der Waals surface area contributed by atoms with Crippen LogP contribution in [0.4, 0.5) is 4.79 Å². The molecule has 0 spiro atoms. The van der Waals surface area contributed by atoms with Crippen LogP contribution in [-0.2, 0) is 6.54 Å². The number of halogens is 1. The predicted octanol–water partition coefficient (Wildman–Crippen LogP) is 2.54. The molecule has 1 aromatic heterocycles. The Balaban J connectivity index is 1.97. The summed E-state index contributed by atoms with van der Waals surface area (Å²) in [7, 11) is 3.93. The van der Waals surface area contributed by atoms with Gasteiger partial charge in [0.05, 0.1) is 18.3 Å². The van der Waals surface area contributed by atoms with Gasteiger partial charge in [-0.3, -0.25) is 0 Å². The molecular formula is C17H22ClN5O. The lowest BCUT2D eigenvalue weighted by atomic mass is 10.1. The molecule has 6 nitrogen and oxygen atoms in total. The van der Waals surface area contributed by atoms with Gasteiger partial charge < -0.3 is 15.5 Å². The summed E-state index contributed by atoms with van der Waals surface area (Å²) in [5, 5.41) is 6.49. The number of amides is 2. The fourth-order valence-electron chi connectivity index (χ4n) is 2.28. The minimum atomic E-state index is -0.243. The second kappa shape index (κ2) is 8.61. The number of nitrogens with zero attached hydrogens (tertiary/aromatic N) is 3. The van der Waals surface area contributed by atoms with Crippen molar-refractivity contribution in [3.05, 3.63) is 58.6 Å². The van der Waals surface area contributed by atoms with E-state index in [9.17, 15) is 4.79 Å². The number of carbonyl (C=O) groups is 1. The first kappa shape index (κ1) is 18.2. The van der Waals surface area contributed by atoms with E-state index in [0.717, 1.165) is 11.3 Å². The van der Waals surface area contributed by atoms with E-state index in [-0.39, 0.29) is 12.1 Å². The molecule has 1 unspecified atom stereocenters. The van der Waals surface area contributed by atoms with Crippen LogP contribution in [0.25, 0.3) is 0 Å². The maximum atomic E-state index is 12.2. The molecule has 1 atom stereocenters. The van der Waals surface area contributed by atoms with Crippen LogP contribution in [0.15, 0.2) is 36.5 Å². The van der Waals surface area contributed by atoms with E-state index in [2.05, 4.69) is 20.6 Å². The summed E-state index contributed by atoms with van der Waals surface area (Å²) in [5.74, 6) is 0.682. The van der Waals surface area contributed by atoms with E-state index in [4.69, 9.17) is 11.6 Å². The zero-order valence-electron chi connectivity index (χ0n) is 14.1. The Morgan fingerprint density at radius 2 is 1.96 bits per heavy atom. The predicted molar refractivity (Wildman–Crippen MR) is 94.9 cm³/mol. The first-order chi connectivity index (χ1) is 11.4. The number of rotatable bonds is 6. The van der Waals surface area contributed by atoms with E-state index < -0.39 is 0 Å². The largest absolute Gasteiger partial charge is 0.332 e. The van der Waals surface area contributed by atoms with Gasteiger partial charge in [0.25, 0.3) is 0 Å². The summed E-state index contributed by atoms with van der Waals surface area (Å²) in [5.41, 5.74) is 1.77. The monoisotopic (exact) mass is 347 g/mol. The Labute approximate surface area is 147 Å². The van der Waals surface area contributed by atoms with E-state index in [1.54, 1.807) is 12.3 Å². The molecule has 0 aliphatic carbocycles. The smallest absolute Gasteiger partial charge is 0.315 e. The van der Waals surface area contributed by atoms with Crippen molar-refractivity contribution in [2.75, 3.05) is 20.6 Å². The average molecular weight is 348 g/mol. The molecule has 0 aliphatic heterocycles. The maximum Gasteiger partial charge on any atom is 0.315 e. The normalized spacial score (nSPS) is 12.0. The van der Waals surface area contributed by atoms with Gasteiger partial charge in [-0.15, -0.1) is 0 Å². The number of urea groups is 1. The molecule has 128 valence electrons. The van der Waals surface area contributed by atoms with Crippen LogP contribution >= 0.6 is 11.6 Å². The highest BCUT2D eigenvalue weighted by Gasteiger charge is 2.15. The van der Waals surface area contributed by atoms with Gasteiger partial charge in [-0.2, -0.15) is 0 Å². The summed E-state index contributed by atoms with van der Waals surface area (Å²) >= 11 is 5.94. The zero-order chi connectivity index (χ0) is 17.5. The third kappa shape index (κ3) is 5.79. The summed E-state index contributed by atoms with van der Waals surface area (Å²) < 4.78 is 0. The van der Waals surface area contributed by atoms with Crippen molar-refractivity contribution in [2.24, 2.45) is 0 Å². The molecule has 0 saturated carbocycles. The van der Waals surface area contributed by atoms with Crippen LogP contribution in [0, 0.1) is 6.92 Å². The lowest BCUT2D eigenvalue weighted by molar-refractivity contribution is 0.232. The second-order valence-corrected chi connectivity index (χ2v) is 6.23. The topological polar surface area (TPSA) is 70.2 Å². The fraction of sp³-hybridized carbons (Fsp3) is 0.353. The second-order valence-electron chi connectivity index (χ2n) is 5.79. The summed E-state index contributed by atoms with van der Waals surface area (Å²) in [4.78, 5) is 22.5. The van der Waals surface area contributed by atoms with Gasteiger partial charge >= 0.3 is 6.03 Å². The summed E-state index contributed by atoms with van der Waals surface area (Å²) in [6.07, 6.45) is 1.68. The molecule has 24 heavy (non-hydrogen) atoms. The molecule has 1 heterocycles. The summed E-state index contributed by atoms with van der Waals surface area (Å²) in [6.45, 7) is 2.85. The SMILES string of the molecule is Cc1nccc(CNC(=O)NC(CN(C)C)c2ccc(Cl)cc2)n1. The number of carbonyl (C=O) groups excluding carboxylic acids is 1. The van der Waals surface area contributed by atoms with Crippen LogP contribution in [0.3, 0.4) is 0 Å². The number of nitrogens with one attached hydrogen (secondary N) is 2. The molecule has 2 N–H and O–H groups in total. The number of hydrogen-bond acceptors (Lipinski definition) is 4. The molecule has 0 fully saturated rings. The first-order valence-electron chi connectivity index (χ1n) is 7.67. The Morgan fingerprint density at radius 3 is 2.58 bits per heavy atom. The van der Waals surface area contributed by atoms with E-state index in [0.29, 0.717) is 23.9 Å². The van der Waals surface area contributed by atoms with E-state index >= 15 is 0 Å². The van der Waals surface area contributed by atoms with Gasteiger partial charge in [-0.1, -0.05) is 23.7 Å². The highest BCUT2D eigenvalue weighted by molar-refractivity contribution is 6.30. The van der Waals surface area contributed by atoms with Crippen molar-refractivity contribution in [3.8, 4) is 0 Å². The maximum absolute atomic E-state index is 12.2. The molecule has 1 aromatic carbocycles. The molecule has 0 aliphatic rings. The van der Waals surface area contributed by atoms with Gasteiger partial charge in [-0.25, -0.2) is 14.8 Å². The van der Waals surface area contributed by atoms with E-state index in [1.807, 2.05) is 50.2 Å². The Hall–Kier alpha value is -2.18. The number of likely N-dealkylation sites (N-methyl/N-ethyl adjacent to an activating group) is 1. The highest BCUT2D eigenvalue weighted by Crippen LogP contribution is 2.17. The molecule has 0 radical (unpaired) electrons. The van der Waals surface area contributed by atoms with E-state index in [1.165, 1.54) is 0 Å². The number of hydrogen-bond donors (Lipinski definition) is 2. The van der Waals surface area contributed by atoms with Crippen molar-refractivity contribution >= 4 is 17.6 Å². The molecular weight excluding hydrogens is 326 g/mol. The Bertz CT molecular complexity index is 675. The minimum Gasteiger partial charge on any atom is -0.332 e. The number of aromatic nitrogens is 2. The molecule has 0 bridgehead atoms. The third-order valence-electron chi connectivity index (χ3n) is 3.39. The average Bonchev–Trinajstić information content (AvgIpc) is 2.53. The van der Waals surface area contributed by atoms with Crippen LogP contribution in [-0.4, -0.2) is 41.5 Å². The number of benzene rings is 1. The highest BCUT2D eigenvalue weighted by atomic mass is 35.5. The minimum absolute atomic E-state index is 0.135. The van der Waals surface area contributed by atoms with Crippen molar-refractivity contribution in [3.63, 3.8) is 0 Å². The molecule has 2 aromatic rings. The summed E-state index contributed by atoms with van der Waals surface area (Å²) in [6, 6.07) is 8.89. The van der Waals surface area contributed by atoms with Crippen LogP contribution in [0.5, 0.6) is 0 Å². The molecule has 0 saturated heterocycles. The van der Waals surface area contributed by atoms with Crippen LogP contribution < -0.4 is 10.6 Å². The lowest BCUT2D eigenvalue weighted by Crippen LogP contribution is -2.41. The van der Waals surface area contributed by atoms with Gasteiger partial charge in [0.1, 0.15) is 5.82 Å². The zero-order valence-corrected chi connectivity index (χ0v) is 14.8. The van der Waals surface area contributed by atoms with Gasteiger partial charge in [0.15, 0.2) is 0 Å². The van der Waals surface area contributed by atoms with Crippen LogP contribution in [0.2, 0.25) is 5.02 Å². The van der Waals surface area contributed by atoms with Gasteiger partial charge in [0.2, 0.25) is 0 Å². The molecule has 2 rings (SSSR count). The molecule has 7 heteroatoms. The quantitative estimate of drug-likeness (QED) is 0.842.